The van der Waals surface area contributed by atoms with Crippen LogP contribution in [0.25, 0.3) is 22.0 Å². The van der Waals surface area contributed by atoms with Crippen LogP contribution in [-0.2, 0) is 4.79 Å². The van der Waals surface area contributed by atoms with Gasteiger partial charge in [-0.15, -0.1) is 0 Å². The lowest BCUT2D eigenvalue weighted by Gasteiger charge is -2.21. The number of aromatic nitrogens is 2. The van der Waals surface area contributed by atoms with E-state index < -0.39 is 0 Å². The Morgan fingerprint density at radius 3 is 2.85 bits per heavy atom. The van der Waals surface area contributed by atoms with Crippen molar-refractivity contribution in [2.75, 3.05) is 19.0 Å². The van der Waals surface area contributed by atoms with Crippen LogP contribution >= 0.6 is 0 Å². The van der Waals surface area contributed by atoms with Crippen LogP contribution in [0, 0.1) is 13.8 Å². The minimum Gasteiger partial charge on any atom is -0.508 e. The molecule has 0 saturated carbocycles. The zero-order valence-electron chi connectivity index (χ0n) is 19.1. The normalized spacial score (nSPS) is 17.8. The first-order chi connectivity index (χ1) is 15.9. The molecule has 2 atom stereocenters. The van der Waals surface area contributed by atoms with Crippen molar-refractivity contribution in [3.05, 3.63) is 54.2 Å². The Kier molecular flexibility index (Phi) is 6.27. The van der Waals surface area contributed by atoms with Gasteiger partial charge in [-0.3, -0.25) is 4.79 Å². The second-order valence-electron chi connectivity index (χ2n) is 8.35. The third-order valence-corrected chi connectivity index (χ3v) is 6.34. The molecule has 2 aromatic carbocycles. The van der Waals surface area contributed by atoms with Crippen molar-refractivity contribution in [3.8, 4) is 22.6 Å². The average molecular weight is 442 g/mol. The van der Waals surface area contributed by atoms with Gasteiger partial charge in [0, 0.05) is 36.3 Å². The molecule has 0 bridgehead atoms. The SMILES string of the molecule is [B]C[C@@H]1C[C@H](Nc2ncc3cc(-c4c(C)c(O)cc(OC)c4C)ccc3n2)CN1C(=O)C=C. The first-order valence-electron chi connectivity index (χ1n) is 10.9. The van der Waals surface area contributed by atoms with Crippen molar-refractivity contribution >= 4 is 30.6 Å². The first kappa shape index (κ1) is 22.6. The number of aromatic hydroxyl groups is 1. The summed E-state index contributed by atoms with van der Waals surface area (Å²) in [7, 11) is 7.44. The number of nitrogens with zero attached hydrogens (tertiary/aromatic N) is 3. The summed E-state index contributed by atoms with van der Waals surface area (Å²) in [4.78, 5) is 23.0. The highest BCUT2D eigenvalue weighted by molar-refractivity contribution is 6.09. The van der Waals surface area contributed by atoms with E-state index in [9.17, 15) is 9.90 Å². The number of hydrogen-bond donors (Lipinski definition) is 2. The molecule has 1 fully saturated rings. The van der Waals surface area contributed by atoms with Crippen molar-refractivity contribution in [2.24, 2.45) is 0 Å². The van der Waals surface area contributed by atoms with Gasteiger partial charge in [0.1, 0.15) is 11.5 Å². The van der Waals surface area contributed by atoms with E-state index in [0.717, 1.165) is 39.6 Å². The molecule has 0 unspecified atom stereocenters. The molecule has 2 N–H and O–H groups in total. The third-order valence-electron chi connectivity index (χ3n) is 6.34. The molecule has 1 saturated heterocycles. The van der Waals surface area contributed by atoms with E-state index in [-0.39, 0.29) is 23.7 Å². The zero-order valence-corrected chi connectivity index (χ0v) is 19.1. The van der Waals surface area contributed by atoms with E-state index in [2.05, 4.69) is 21.9 Å². The number of fused-ring (bicyclic) bond motifs is 1. The fraction of sp³-hybridized carbons (Fsp3) is 0.320. The molecule has 2 heterocycles. The van der Waals surface area contributed by atoms with Crippen molar-refractivity contribution in [1.82, 2.24) is 14.9 Å². The smallest absolute Gasteiger partial charge is 0.246 e. The van der Waals surface area contributed by atoms with E-state index >= 15 is 0 Å². The van der Waals surface area contributed by atoms with E-state index in [0.29, 0.717) is 24.6 Å². The van der Waals surface area contributed by atoms with Crippen LogP contribution in [0.2, 0.25) is 6.32 Å². The molecule has 3 aromatic rings. The lowest BCUT2D eigenvalue weighted by atomic mass is 9.93. The predicted octanol–water partition coefficient (Wildman–Crippen LogP) is 3.78. The second kappa shape index (κ2) is 9.14. The Balaban J connectivity index is 1.60. The Labute approximate surface area is 194 Å². The maximum absolute atomic E-state index is 12.1. The second-order valence-corrected chi connectivity index (χ2v) is 8.35. The van der Waals surface area contributed by atoms with Crippen LogP contribution in [0.4, 0.5) is 5.95 Å². The molecule has 1 amide bonds. The number of amides is 1. The number of nitrogens with one attached hydrogen (secondary N) is 1. The number of phenols is 1. The van der Waals surface area contributed by atoms with E-state index in [1.807, 2.05) is 32.0 Å². The van der Waals surface area contributed by atoms with Gasteiger partial charge in [-0.05, 0) is 60.7 Å². The van der Waals surface area contributed by atoms with Crippen LogP contribution in [-0.4, -0.2) is 59.5 Å². The fourth-order valence-electron chi connectivity index (χ4n) is 4.59. The molecular formula is C25H27BN4O3. The summed E-state index contributed by atoms with van der Waals surface area (Å²) in [6, 6.07) is 7.57. The Hall–Kier alpha value is -3.55. The molecule has 4 rings (SSSR count). The summed E-state index contributed by atoms with van der Waals surface area (Å²) >= 11 is 0. The highest BCUT2D eigenvalue weighted by Crippen LogP contribution is 2.39. The highest BCUT2D eigenvalue weighted by Gasteiger charge is 2.33. The van der Waals surface area contributed by atoms with Crippen molar-refractivity contribution in [1.29, 1.82) is 0 Å². The van der Waals surface area contributed by atoms with Gasteiger partial charge in [0.25, 0.3) is 0 Å². The van der Waals surface area contributed by atoms with Crippen LogP contribution in [0.15, 0.2) is 43.1 Å². The maximum atomic E-state index is 12.1. The summed E-state index contributed by atoms with van der Waals surface area (Å²) in [6.07, 6.45) is 4.23. The number of phenolic OH excluding ortho intramolecular Hbond substituents is 1. The van der Waals surface area contributed by atoms with Crippen LogP contribution in [0.3, 0.4) is 0 Å². The molecule has 8 heteroatoms. The summed E-state index contributed by atoms with van der Waals surface area (Å²) < 4.78 is 5.42. The molecule has 168 valence electrons. The third kappa shape index (κ3) is 4.25. The van der Waals surface area contributed by atoms with Gasteiger partial charge < -0.3 is 20.1 Å². The van der Waals surface area contributed by atoms with E-state index in [4.69, 9.17) is 12.6 Å². The molecule has 0 spiro atoms. The summed E-state index contributed by atoms with van der Waals surface area (Å²) in [5.74, 6) is 1.23. The number of benzene rings is 2. The number of carbonyl (C=O) groups excluding carboxylic acids is 1. The lowest BCUT2D eigenvalue weighted by Crippen LogP contribution is -2.35. The Morgan fingerprint density at radius 2 is 2.15 bits per heavy atom. The number of likely N-dealkylation sites (tertiary alicyclic amines) is 1. The topological polar surface area (TPSA) is 87.6 Å². The molecular weight excluding hydrogens is 415 g/mol. The van der Waals surface area contributed by atoms with Gasteiger partial charge in [-0.2, -0.15) is 0 Å². The number of rotatable bonds is 6. The van der Waals surface area contributed by atoms with Crippen LogP contribution < -0.4 is 10.1 Å². The number of anilines is 1. The molecule has 7 nitrogen and oxygen atoms in total. The number of hydrogen-bond acceptors (Lipinski definition) is 6. The monoisotopic (exact) mass is 442 g/mol. The first-order valence-corrected chi connectivity index (χ1v) is 10.9. The van der Waals surface area contributed by atoms with Gasteiger partial charge in [0.15, 0.2) is 0 Å². The standard InChI is InChI=1S/C25H27BN4O3/c1-5-23(32)30-13-18(9-19(30)11-26)28-25-27-12-17-8-16(6-7-20(17)29-25)24-14(2)21(31)10-22(33-4)15(24)3/h5-8,10,12,18-19,31H,1,9,11,13H2,2-4H3,(H,27,28,29)/t18-,19-/m0/s1. The van der Waals surface area contributed by atoms with E-state index in [1.54, 1.807) is 24.3 Å². The molecule has 0 aliphatic carbocycles. The quantitative estimate of drug-likeness (QED) is 0.446. The number of ether oxygens (including phenoxy) is 1. The highest BCUT2D eigenvalue weighted by atomic mass is 16.5. The number of methoxy groups -OCH3 is 1. The zero-order chi connectivity index (χ0) is 23.7. The molecule has 1 aromatic heterocycles. The van der Waals surface area contributed by atoms with Crippen LogP contribution in [0.1, 0.15) is 17.5 Å². The predicted molar refractivity (Wildman–Crippen MR) is 131 cm³/mol. The van der Waals surface area contributed by atoms with Crippen molar-refractivity contribution in [3.63, 3.8) is 0 Å². The van der Waals surface area contributed by atoms with Crippen molar-refractivity contribution < 1.29 is 14.6 Å². The molecule has 1 aliphatic heterocycles. The minimum absolute atomic E-state index is 0.0178. The summed E-state index contributed by atoms with van der Waals surface area (Å²) in [5, 5.41) is 14.6. The van der Waals surface area contributed by atoms with E-state index in [1.165, 1.54) is 6.08 Å². The minimum atomic E-state index is -0.115. The number of carbonyl (C=O) groups is 1. The Morgan fingerprint density at radius 1 is 1.36 bits per heavy atom. The van der Waals surface area contributed by atoms with Gasteiger partial charge in [0.2, 0.25) is 11.9 Å². The fourth-order valence-corrected chi connectivity index (χ4v) is 4.59. The van der Waals surface area contributed by atoms with Gasteiger partial charge in [0.05, 0.1) is 20.5 Å². The van der Waals surface area contributed by atoms with Crippen molar-refractivity contribution in [2.45, 2.75) is 38.7 Å². The van der Waals surface area contributed by atoms with Crippen LogP contribution in [0.5, 0.6) is 11.5 Å². The molecule has 2 radical (unpaired) electrons. The largest absolute Gasteiger partial charge is 0.508 e. The average Bonchev–Trinajstić information content (AvgIpc) is 3.23. The van der Waals surface area contributed by atoms with Gasteiger partial charge >= 0.3 is 0 Å². The maximum Gasteiger partial charge on any atom is 0.246 e. The lowest BCUT2D eigenvalue weighted by molar-refractivity contribution is -0.126. The molecule has 33 heavy (non-hydrogen) atoms. The summed E-state index contributed by atoms with van der Waals surface area (Å²) in [6.45, 7) is 7.97. The summed E-state index contributed by atoms with van der Waals surface area (Å²) in [5.41, 5.74) is 4.44. The van der Waals surface area contributed by atoms with Gasteiger partial charge in [-0.25, -0.2) is 9.97 Å². The van der Waals surface area contributed by atoms with Gasteiger partial charge in [-0.1, -0.05) is 19.0 Å². The molecule has 1 aliphatic rings. The Bertz CT molecular complexity index is 1230.